The van der Waals surface area contributed by atoms with Gasteiger partial charge in [-0.05, 0) is 52.9 Å². The Kier molecular flexibility index (Phi) is 4.49. The molecule has 0 bridgehead atoms. The number of nitrogens with two attached hydrogens (primary N) is 2. The first-order valence-electron chi connectivity index (χ1n) is 7.34. The second-order valence-corrected chi connectivity index (χ2v) is 6.32. The number of benzene rings is 1. The summed E-state index contributed by atoms with van der Waals surface area (Å²) in [4.78, 5) is 4.14. The molecule has 1 heterocycles. The maximum absolute atomic E-state index is 6.20. The Bertz CT molecular complexity index is 646. The Morgan fingerprint density at radius 1 is 1.27 bits per heavy atom. The molecule has 1 saturated carbocycles. The molecule has 22 heavy (non-hydrogen) atoms. The average Bonchev–Trinajstić information content (AvgIpc) is 2.49. The highest BCUT2D eigenvalue weighted by Crippen LogP contribution is 2.39. The molecule has 0 unspecified atom stereocenters. The molecular formula is C16H19BrN4O. The van der Waals surface area contributed by atoms with Gasteiger partial charge in [-0.3, -0.25) is 0 Å². The van der Waals surface area contributed by atoms with E-state index in [0.29, 0.717) is 27.7 Å². The number of nitrogen functional groups attached to an aromatic ring is 1. The van der Waals surface area contributed by atoms with Gasteiger partial charge in [-0.15, -0.1) is 0 Å². The molecule has 1 fully saturated rings. The number of ether oxygens (including phenoxy) is 1. The molecule has 3 rings (SSSR count). The molecule has 1 aromatic carbocycles. The van der Waals surface area contributed by atoms with Crippen molar-refractivity contribution in [1.82, 2.24) is 4.98 Å². The summed E-state index contributed by atoms with van der Waals surface area (Å²) >= 11 is 3.49. The van der Waals surface area contributed by atoms with Gasteiger partial charge in [0.15, 0.2) is 0 Å². The number of pyridine rings is 1. The summed E-state index contributed by atoms with van der Waals surface area (Å²) < 4.78 is 6.43. The number of nitrogens with zero attached hydrogens (tertiary/aromatic N) is 2. The average molecular weight is 363 g/mol. The van der Waals surface area contributed by atoms with Crippen LogP contribution in [0.1, 0.15) is 19.3 Å². The van der Waals surface area contributed by atoms with Crippen LogP contribution in [0.15, 0.2) is 41.0 Å². The molecule has 1 aliphatic rings. The lowest BCUT2D eigenvalue weighted by Gasteiger charge is -2.31. The molecule has 4 N–H and O–H groups in total. The van der Waals surface area contributed by atoms with Gasteiger partial charge in [0.05, 0.1) is 15.8 Å². The summed E-state index contributed by atoms with van der Waals surface area (Å²) in [7, 11) is 0. The van der Waals surface area contributed by atoms with Crippen LogP contribution in [0.4, 0.5) is 11.4 Å². The largest absolute Gasteiger partial charge is 0.438 e. The third kappa shape index (κ3) is 3.18. The summed E-state index contributed by atoms with van der Waals surface area (Å²) in [5.41, 5.74) is 7.60. The van der Waals surface area contributed by atoms with Crippen molar-refractivity contribution in [1.29, 1.82) is 0 Å². The first-order valence-corrected chi connectivity index (χ1v) is 8.13. The van der Waals surface area contributed by atoms with Crippen molar-refractivity contribution in [3.8, 4) is 11.6 Å². The molecule has 2 aromatic rings. The summed E-state index contributed by atoms with van der Waals surface area (Å²) in [6.07, 6.45) is 5.47. The van der Waals surface area contributed by atoms with Gasteiger partial charge in [-0.25, -0.2) is 10.8 Å². The predicted molar refractivity (Wildman–Crippen MR) is 91.7 cm³/mol. The fraction of sp³-hybridized carbons (Fsp3) is 0.312. The summed E-state index contributed by atoms with van der Waals surface area (Å²) in [5, 5.41) is 1.73. The molecule has 0 aliphatic heterocycles. The quantitative estimate of drug-likeness (QED) is 0.481. The Morgan fingerprint density at radius 3 is 2.73 bits per heavy atom. The van der Waals surface area contributed by atoms with Gasteiger partial charge in [0.1, 0.15) is 5.75 Å². The summed E-state index contributed by atoms with van der Waals surface area (Å²) in [6.45, 7) is 0.830. The van der Waals surface area contributed by atoms with Crippen LogP contribution in [0, 0.1) is 5.92 Å². The van der Waals surface area contributed by atoms with Crippen LogP contribution >= 0.6 is 15.9 Å². The van der Waals surface area contributed by atoms with Crippen molar-refractivity contribution < 1.29 is 4.74 Å². The van der Waals surface area contributed by atoms with Crippen molar-refractivity contribution in [2.45, 2.75) is 19.3 Å². The molecule has 0 spiro atoms. The van der Waals surface area contributed by atoms with Crippen LogP contribution in [-0.4, -0.2) is 11.5 Å². The first-order chi connectivity index (χ1) is 10.6. The molecule has 1 aromatic heterocycles. The van der Waals surface area contributed by atoms with E-state index in [0.717, 1.165) is 12.2 Å². The van der Waals surface area contributed by atoms with Crippen LogP contribution in [0.3, 0.4) is 0 Å². The normalized spacial score (nSPS) is 14.5. The molecule has 5 nitrogen and oxygen atoms in total. The van der Waals surface area contributed by atoms with E-state index in [4.69, 9.17) is 16.3 Å². The van der Waals surface area contributed by atoms with Gasteiger partial charge in [-0.2, -0.15) is 0 Å². The van der Waals surface area contributed by atoms with E-state index in [1.807, 2.05) is 24.3 Å². The number of hydrogen-bond donors (Lipinski definition) is 2. The van der Waals surface area contributed by atoms with Crippen LogP contribution in [0.25, 0.3) is 0 Å². The van der Waals surface area contributed by atoms with Crippen molar-refractivity contribution in [2.75, 3.05) is 17.3 Å². The van der Waals surface area contributed by atoms with Gasteiger partial charge in [0.2, 0.25) is 5.88 Å². The van der Waals surface area contributed by atoms with Gasteiger partial charge >= 0.3 is 0 Å². The molecule has 0 atom stereocenters. The Balaban J connectivity index is 1.78. The van der Waals surface area contributed by atoms with Crippen molar-refractivity contribution >= 4 is 27.3 Å². The highest BCUT2D eigenvalue weighted by Gasteiger charge is 2.21. The second kappa shape index (κ2) is 6.54. The molecular weight excluding hydrogens is 344 g/mol. The van der Waals surface area contributed by atoms with E-state index in [9.17, 15) is 0 Å². The topological polar surface area (TPSA) is 77.4 Å². The Hall–Kier alpha value is -1.79. The first kappa shape index (κ1) is 15.1. The fourth-order valence-electron chi connectivity index (χ4n) is 2.46. The third-order valence-electron chi connectivity index (χ3n) is 3.96. The minimum atomic E-state index is 0.523. The monoisotopic (exact) mass is 362 g/mol. The Morgan fingerprint density at radius 2 is 2.09 bits per heavy atom. The van der Waals surface area contributed by atoms with E-state index < -0.39 is 0 Å². The van der Waals surface area contributed by atoms with Crippen LogP contribution in [0.2, 0.25) is 0 Å². The van der Waals surface area contributed by atoms with Gasteiger partial charge in [-0.1, -0.05) is 12.5 Å². The van der Waals surface area contributed by atoms with Gasteiger partial charge in [0.25, 0.3) is 0 Å². The number of anilines is 2. The second-order valence-electron chi connectivity index (χ2n) is 5.53. The number of hydrazine groups is 1. The molecule has 6 heteroatoms. The van der Waals surface area contributed by atoms with E-state index >= 15 is 0 Å². The van der Waals surface area contributed by atoms with Crippen LogP contribution in [0.5, 0.6) is 11.6 Å². The smallest absolute Gasteiger partial charge is 0.219 e. The molecule has 0 amide bonds. The van der Waals surface area contributed by atoms with E-state index in [1.165, 1.54) is 19.3 Å². The zero-order valence-corrected chi connectivity index (χ0v) is 13.8. The van der Waals surface area contributed by atoms with Gasteiger partial charge in [0, 0.05) is 18.8 Å². The zero-order chi connectivity index (χ0) is 15.5. The summed E-state index contributed by atoms with van der Waals surface area (Å²) in [5.74, 6) is 7.98. The summed E-state index contributed by atoms with van der Waals surface area (Å²) in [6, 6.07) is 9.24. The minimum absolute atomic E-state index is 0.523. The zero-order valence-electron chi connectivity index (χ0n) is 12.2. The number of rotatable bonds is 5. The molecule has 0 radical (unpaired) electrons. The maximum Gasteiger partial charge on any atom is 0.219 e. The fourth-order valence-corrected chi connectivity index (χ4v) is 2.88. The maximum atomic E-state index is 6.20. The third-order valence-corrected chi connectivity index (χ3v) is 4.78. The van der Waals surface area contributed by atoms with E-state index in [-0.39, 0.29) is 0 Å². The van der Waals surface area contributed by atoms with E-state index in [1.54, 1.807) is 17.3 Å². The SMILES string of the molecule is Nc1c(N(N)CC2CCC2)ccc(Oc2ccccn2)c1Br. The lowest BCUT2D eigenvalue weighted by Crippen LogP contribution is -2.38. The number of aromatic nitrogens is 1. The number of halogens is 1. The van der Waals surface area contributed by atoms with Crippen LogP contribution in [-0.2, 0) is 0 Å². The van der Waals surface area contributed by atoms with Crippen molar-refractivity contribution in [3.05, 3.63) is 41.0 Å². The molecule has 116 valence electrons. The molecule has 0 saturated heterocycles. The lowest BCUT2D eigenvalue weighted by atomic mass is 9.85. The van der Waals surface area contributed by atoms with Crippen molar-refractivity contribution in [3.63, 3.8) is 0 Å². The van der Waals surface area contributed by atoms with E-state index in [2.05, 4.69) is 20.9 Å². The van der Waals surface area contributed by atoms with Crippen molar-refractivity contribution in [2.24, 2.45) is 11.8 Å². The number of hydrogen-bond acceptors (Lipinski definition) is 5. The van der Waals surface area contributed by atoms with Gasteiger partial charge < -0.3 is 15.5 Å². The standard InChI is InChI=1S/C16H19BrN4O/c17-15-13(22-14-6-1-2-9-20-14)8-7-12(16(15)18)21(19)10-11-4-3-5-11/h1-2,6-9,11H,3-5,10,18-19H2. The highest BCUT2D eigenvalue weighted by molar-refractivity contribution is 9.10. The predicted octanol–water partition coefficient (Wildman–Crippen LogP) is 3.70. The molecule has 1 aliphatic carbocycles. The lowest BCUT2D eigenvalue weighted by molar-refractivity contribution is 0.318. The van der Waals surface area contributed by atoms with Crippen LogP contribution < -0.4 is 21.3 Å². The minimum Gasteiger partial charge on any atom is -0.438 e. The Labute approximate surface area is 138 Å². The highest BCUT2D eigenvalue weighted by atomic mass is 79.9.